The van der Waals surface area contributed by atoms with E-state index in [0.717, 1.165) is 47.5 Å². The lowest BCUT2D eigenvalue weighted by Gasteiger charge is -2.20. The van der Waals surface area contributed by atoms with E-state index in [1.807, 2.05) is 0 Å². The number of benzene rings is 2. The van der Waals surface area contributed by atoms with Crippen LogP contribution in [0.1, 0.15) is 54.8 Å². The molecule has 0 radical (unpaired) electrons. The van der Waals surface area contributed by atoms with Gasteiger partial charge < -0.3 is 19.5 Å². The molecule has 2 aromatic carbocycles. The number of halogens is 9. The van der Waals surface area contributed by atoms with Crippen LogP contribution in [-0.4, -0.2) is 104 Å². The number of aromatic nitrogens is 2. The predicted octanol–water partition coefficient (Wildman–Crippen LogP) is 7.29. The van der Waals surface area contributed by atoms with Gasteiger partial charge in [-0.05, 0) is 61.7 Å². The lowest BCUT2D eigenvalue weighted by molar-refractivity contribution is -0.00129. The lowest BCUT2D eigenvalue weighted by atomic mass is 9.93. The highest BCUT2D eigenvalue weighted by Crippen LogP contribution is 2.43. The largest absolute Gasteiger partial charge is 0.509 e. The van der Waals surface area contributed by atoms with Crippen LogP contribution in [0.2, 0.25) is 0 Å². The van der Waals surface area contributed by atoms with E-state index in [-0.39, 0.29) is 71.4 Å². The molecule has 5 aliphatic rings. The van der Waals surface area contributed by atoms with E-state index in [4.69, 9.17) is 9.68 Å². The Morgan fingerprint density at radius 1 is 0.836 bits per heavy atom. The van der Waals surface area contributed by atoms with Crippen LogP contribution < -0.4 is 4.72 Å². The Kier molecular flexibility index (Phi) is 11.9. The fourth-order valence-electron chi connectivity index (χ4n) is 8.44. The number of likely N-dealkylation sites (tertiary alicyclic amines) is 2. The number of aryl methyl sites for hydroxylation is 1. The third-order valence-corrected chi connectivity index (χ3v) is 14.5. The van der Waals surface area contributed by atoms with Crippen molar-refractivity contribution < 1.29 is 66.0 Å². The van der Waals surface area contributed by atoms with Gasteiger partial charge in [0.2, 0.25) is 10.0 Å². The lowest BCUT2D eigenvalue weighted by Crippen LogP contribution is -2.47. The highest BCUT2D eigenvalue weighted by Gasteiger charge is 2.53. The van der Waals surface area contributed by atoms with Crippen LogP contribution in [0.5, 0.6) is 0 Å². The summed E-state index contributed by atoms with van der Waals surface area (Å²) >= 11 is 0. The summed E-state index contributed by atoms with van der Waals surface area (Å²) in [5, 5.41) is 7.19. The number of pyridine rings is 2. The molecule has 9 rings (SSSR count). The van der Waals surface area contributed by atoms with Gasteiger partial charge in [-0.3, -0.25) is 4.98 Å². The molecule has 14 nitrogen and oxygen atoms in total. The first-order valence-electron chi connectivity index (χ1n) is 20.6. The zero-order valence-electron chi connectivity index (χ0n) is 34.7. The molecule has 0 bridgehead atoms. The summed E-state index contributed by atoms with van der Waals surface area (Å²) in [6, 6.07) is 5.58. The predicted molar refractivity (Wildman–Crippen MR) is 222 cm³/mol. The maximum atomic E-state index is 16.5. The average molecular weight is 984 g/mol. The van der Waals surface area contributed by atoms with Gasteiger partial charge >= 0.3 is 16.1 Å². The van der Waals surface area contributed by atoms with Crippen molar-refractivity contribution >= 4 is 31.7 Å². The fraction of sp³-hybridized carbons (Fsp3) is 0.405. The van der Waals surface area contributed by atoms with Gasteiger partial charge in [-0.25, -0.2) is 57.6 Å². The topological polar surface area (TPSA) is 160 Å². The first-order valence-corrected chi connectivity index (χ1v) is 23.7. The maximum absolute atomic E-state index is 16.5. The van der Waals surface area contributed by atoms with Gasteiger partial charge in [0, 0.05) is 29.8 Å². The van der Waals surface area contributed by atoms with Gasteiger partial charge in [-0.15, -0.1) is 8.42 Å². The van der Waals surface area contributed by atoms with Gasteiger partial charge in [-0.1, -0.05) is 16.4 Å². The van der Waals surface area contributed by atoms with Gasteiger partial charge in [0.15, 0.2) is 12.2 Å². The molecular formula is C42H36F9N8O6S2+. The molecule has 4 aromatic rings. The standard InChI is InChI=1S/C42H36F9N8O6S2/c1-20-7-25(37-27(45)3-2-4-28(37)46)41(33-12-35(55-65-33)58-15-22(31(49)16-58)13-53-66(60,61)19-43)54-39(20)21-8-29(47)38(30(48)9-21)26-10-23(44)14-52-40(26)32-11-36(56-64-32)59-17-34(42(50,51)18-59)57-67(62,63)24-5-6-24/h2-4,7-10,14,22,24,31-34,57H,5-6,11-12,15-19H2,1H3/q+1/t22?,31-,32?,33-,34+/m0/s1. The molecule has 0 spiro atoms. The summed E-state index contributed by atoms with van der Waals surface area (Å²) in [5.74, 6) is -10.0. The van der Waals surface area contributed by atoms with E-state index in [0.29, 0.717) is 12.8 Å². The molecule has 1 N–H and O–H groups in total. The molecule has 4 aliphatic heterocycles. The molecule has 0 amide bonds. The number of amidine groups is 2. The minimum Gasteiger partial charge on any atom is -0.384 e. The number of rotatable bonds is 9. The highest BCUT2D eigenvalue weighted by atomic mass is 32.2. The fourth-order valence-corrected chi connectivity index (χ4v) is 10.4. The van der Waals surface area contributed by atoms with Crippen molar-refractivity contribution in [1.82, 2.24) is 24.5 Å². The van der Waals surface area contributed by atoms with Gasteiger partial charge in [0.25, 0.3) is 11.9 Å². The van der Waals surface area contributed by atoms with E-state index < -0.39 is 126 Å². The average Bonchev–Trinajstić information content (AvgIpc) is 3.52. The second-order valence-corrected chi connectivity index (χ2v) is 20.2. The summed E-state index contributed by atoms with van der Waals surface area (Å²) < 4.78 is 189. The van der Waals surface area contributed by atoms with Crippen LogP contribution in [0.15, 0.2) is 59.0 Å². The number of nitrogens with zero attached hydrogens (tertiary/aromatic N) is 7. The van der Waals surface area contributed by atoms with Crippen LogP contribution in [0, 0.1) is 48.0 Å². The molecule has 3 fully saturated rings. The van der Waals surface area contributed by atoms with Crippen molar-refractivity contribution in [2.75, 3.05) is 32.2 Å². The van der Waals surface area contributed by atoms with Crippen molar-refractivity contribution in [3.63, 3.8) is 0 Å². The van der Waals surface area contributed by atoms with Crippen molar-refractivity contribution in [2.45, 2.75) is 68.2 Å². The minimum absolute atomic E-state index is 0.0297. The zero-order chi connectivity index (χ0) is 47.7. The number of alkyl halides is 4. The number of oxime groups is 2. The number of hydrogen-bond donors (Lipinski definition) is 1. The Morgan fingerprint density at radius 2 is 1.45 bits per heavy atom. The van der Waals surface area contributed by atoms with Crippen LogP contribution in [0.4, 0.5) is 39.5 Å². The van der Waals surface area contributed by atoms with Gasteiger partial charge in [0.05, 0.1) is 69.8 Å². The van der Waals surface area contributed by atoms with E-state index in [1.165, 1.54) is 17.9 Å². The monoisotopic (exact) mass is 983 g/mol. The van der Waals surface area contributed by atoms with Crippen LogP contribution in [0.25, 0.3) is 37.8 Å². The van der Waals surface area contributed by atoms with Crippen molar-refractivity contribution in [2.24, 2.45) is 16.2 Å². The second-order valence-electron chi connectivity index (χ2n) is 16.7. The first-order chi connectivity index (χ1) is 31.7. The quantitative estimate of drug-likeness (QED) is 0.169. The van der Waals surface area contributed by atoms with E-state index in [1.54, 1.807) is 0 Å². The third kappa shape index (κ3) is 9.09. The number of hydrogen-bond acceptors (Lipinski definition) is 12. The third-order valence-electron chi connectivity index (χ3n) is 11.9. The summed E-state index contributed by atoms with van der Waals surface area (Å²) in [6.07, 6.45) is -3.11. The molecule has 2 saturated heterocycles. The van der Waals surface area contributed by atoms with E-state index in [9.17, 15) is 30.0 Å². The molecule has 1 aliphatic carbocycles. The van der Waals surface area contributed by atoms with Crippen molar-refractivity contribution in [1.29, 1.82) is 0 Å². The Labute approximate surface area is 376 Å². The first kappa shape index (κ1) is 46.1. The normalized spacial score (nSPS) is 23.7. The second kappa shape index (κ2) is 17.3. The molecule has 1 saturated carbocycles. The molecule has 25 heteroatoms. The molecule has 2 aromatic heterocycles. The molecule has 2 unspecified atom stereocenters. The van der Waals surface area contributed by atoms with Crippen molar-refractivity contribution in [3.8, 4) is 39.6 Å². The Balaban J connectivity index is 0.999. The van der Waals surface area contributed by atoms with Crippen LogP contribution in [0.3, 0.4) is 0 Å². The highest BCUT2D eigenvalue weighted by molar-refractivity contribution is 7.93. The molecule has 354 valence electrons. The van der Waals surface area contributed by atoms with E-state index in [2.05, 4.69) is 35.3 Å². The maximum Gasteiger partial charge on any atom is 0.509 e. The molecule has 5 atom stereocenters. The summed E-state index contributed by atoms with van der Waals surface area (Å²) in [6.45, 7) is -0.417. The molecule has 67 heavy (non-hydrogen) atoms. The molecular weight excluding hydrogens is 948 g/mol. The summed E-state index contributed by atoms with van der Waals surface area (Å²) in [7, 11) is -8.47. The molecule has 6 heterocycles. The van der Waals surface area contributed by atoms with Gasteiger partial charge in [-0.2, -0.15) is 0 Å². The number of nitrogens with one attached hydrogen (secondary N) is 1. The smallest absolute Gasteiger partial charge is 0.384 e. The summed E-state index contributed by atoms with van der Waals surface area (Å²) in [4.78, 5) is 22.3. The van der Waals surface area contributed by atoms with Crippen molar-refractivity contribution in [3.05, 3.63) is 98.9 Å². The summed E-state index contributed by atoms with van der Waals surface area (Å²) in [5.41, 5.74) is -2.23. The number of sulfonamides is 2. The Hall–Kier alpha value is -6.00. The van der Waals surface area contributed by atoms with Crippen LogP contribution in [-0.2, 0) is 29.7 Å². The minimum atomic E-state index is -4.50. The zero-order valence-corrected chi connectivity index (χ0v) is 36.4. The SMILES string of the molecule is Cc1cc(-c2c(F)cccc2F)c([C@@H]2CC(N3CC(C#[N+]S(=O)(=O)CF)[C@@H](F)C3)=NO2)nc1-c1cc(F)c(-c2cc(F)cnc2C2CC(N3C[C@@H](NS(=O)(=O)C4CC4)C(F)(F)C3)=NO2)c(F)c1. The van der Waals surface area contributed by atoms with E-state index >= 15 is 26.3 Å². The van der Waals surface area contributed by atoms with Crippen LogP contribution >= 0.6 is 0 Å². The van der Waals surface area contributed by atoms with Gasteiger partial charge in [0.1, 0.15) is 58.9 Å². The Morgan fingerprint density at radius 3 is 2.09 bits per heavy atom. The Bertz CT molecular complexity index is 3000.